The molecule has 9 nitrogen and oxygen atoms in total. The molecule has 1 fully saturated rings. The highest BCUT2D eigenvalue weighted by Gasteiger charge is 2.21. The summed E-state index contributed by atoms with van der Waals surface area (Å²) in [6.07, 6.45) is 2.75. The molecule has 1 aliphatic heterocycles. The van der Waals surface area contributed by atoms with E-state index < -0.39 is 0 Å². The van der Waals surface area contributed by atoms with Crippen molar-refractivity contribution in [2.75, 3.05) is 45.3 Å². The molecule has 3 aromatic rings. The molecular weight excluding hydrogens is 360 g/mol. The molecule has 2 aromatic heterocycles. The van der Waals surface area contributed by atoms with Gasteiger partial charge in [-0.05, 0) is 31.1 Å². The van der Waals surface area contributed by atoms with Gasteiger partial charge in [0.25, 0.3) is 11.8 Å². The third-order valence-corrected chi connectivity index (χ3v) is 4.50. The summed E-state index contributed by atoms with van der Waals surface area (Å²) in [7, 11) is 3.25. The van der Waals surface area contributed by atoms with Crippen molar-refractivity contribution in [2.24, 2.45) is 0 Å². The molecule has 0 bridgehead atoms. The summed E-state index contributed by atoms with van der Waals surface area (Å²) in [4.78, 5) is 19.1. The van der Waals surface area contributed by atoms with Crippen molar-refractivity contribution in [1.29, 1.82) is 0 Å². The quantitative estimate of drug-likeness (QED) is 0.635. The fourth-order valence-electron chi connectivity index (χ4n) is 3.07. The Balaban J connectivity index is 0.000000706. The van der Waals surface area contributed by atoms with Crippen molar-refractivity contribution in [1.82, 2.24) is 24.8 Å². The SMILES string of the molecule is CC(C)n1ncc2ccc(-c3nc(N4CCN(C=O)CC4)no3)cc21.COC. The van der Waals surface area contributed by atoms with Crippen molar-refractivity contribution in [2.45, 2.75) is 19.9 Å². The first-order valence-corrected chi connectivity index (χ1v) is 9.23. The fourth-order valence-corrected chi connectivity index (χ4v) is 3.07. The predicted molar refractivity (Wildman–Crippen MR) is 106 cm³/mol. The normalized spacial score (nSPS) is 14.3. The highest BCUT2D eigenvalue weighted by atomic mass is 16.5. The molecule has 0 atom stereocenters. The van der Waals surface area contributed by atoms with Gasteiger partial charge in [-0.1, -0.05) is 6.07 Å². The Hall–Kier alpha value is -2.94. The van der Waals surface area contributed by atoms with Gasteiger partial charge in [0.1, 0.15) is 0 Å². The topological polar surface area (TPSA) is 89.5 Å². The number of piperazine rings is 1. The summed E-state index contributed by atoms with van der Waals surface area (Å²) in [6, 6.07) is 6.30. The molecule has 4 rings (SSSR count). The van der Waals surface area contributed by atoms with E-state index in [1.54, 1.807) is 19.1 Å². The maximum absolute atomic E-state index is 10.8. The zero-order valence-electron chi connectivity index (χ0n) is 16.7. The molecule has 150 valence electrons. The van der Waals surface area contributed by atoms with Gasteiger partial charge in [0.2, 0.25) is 6.41 Å². The number of hydrogen-bond acceptors (Lipinski definition) is 7. The summed E-state index contributed by atoms with van der Waals surface area (Å²) >= 11 is 0. The molecule has 0 aliphatic carbocycles. The first-order chi connectivity index (χ1) is 13.6. The molecular formula is C19H26N6O3. The van der Waals surface area contributed by atoms with Crippen LogP contribution in [0.2, 0.25) is 0 Å². The third-order valence-electron chi connectivity index (χ3n) is 4.50. The van der Waals surface area contributed by atoms with E-state index in [2.05, 4.69) is 33.8 Å². The van der Waals surface area contributed by atoms with Gasteiger partial charge in [0, 0.05) is 57.4 Å². The van der Waals surface area contributed by atoms with Crippen molar-refractivity contribution in [3.8, 4) is 11.5 Å². The maximum atomic E-state index is 10.8. The second-order valence-corrected chi connectivity index (χ2v) is 6.89. The van der Waals surface area contributed by atoms with Gasteiger partial charge in [-0.25, -0.2) is 0 Å². The van der Waals surface area contributed by atoms with E-state index in [1.165, 1.54) is 0 Å². The highest BCUT2D eigenvalue weighted by molar-refractivity contribution is 5.83. The monoisotopic (exact) mass is 386 g/mol. The minimum absolute atomic E-state index is 0.278. The Kier molecular flexibility index (Phi) is 6.25. The van der Waals surface area contributed by atoms with Crippen LogP contribution in [0.5, 0.6) is 0 Å². The summed E-state index contributed by atoms with van der Waals surface area (Å²) < 4.78 is 11.7. The van der Waals surface area contributed by atoms with E-state index in [9.17, 15) is 4.79 Å². The summed E-state index contributed by atoms with van der Waals surface area (Å²) in [5, 5.41) is 9.62. The van der Waals surface area contributed by atoms with Gasteiger partial charge in [-0.15, -0.1) is 0 Å². The number of carbonyl (C=O) groups is 1. The maximum Gasteiger partial charge on any atom is 0.266 e. The molecule has 0 N–H and O–H groups in total. The van der Waals surface area contributed by atoms with Crippen LogP contribution in [0.1, 0.15) is 19.9 Å². The number of benzene rings is 1. The van der Waals surface area contributed by atoms with Crippen LogP contribution in [0.25, 0.3) is 22.4 Å². The highest BCUT2D eigenvalue weighted by Crippen LogP contribution is 2.26. The van der Waals surface area contributed by atoms with E-state index >= 15 is 0 Å². The molecule has 1 aliphatic rings. The van der Waals surface area contributed by atoms with Crippen molar-refractivity contribution in [3.63, 3.8) is 0 Å². The zero-order valence-corrected chi connectivity index (χ0v) is 16.7. The van der Waals surface area contributed by atoms with Crippen LogP contribution >= 0.6 is 0 Å². The molecule has 0 saturated carbocycles. The lowest BCUT2D eigenvalue weighted by Crippen LogP contribution is -2.46. The zero-order chi connectivity index (χ0) is 20.1. The molecule has 1 amide bonds. The van der Waals surface area contributed by atoms with Gasteiger partial charge in [-0.3, -0.25) is 9.48 Å². The first-order valence-electron chi connectivity index (χ1n) is 9.23. The number of anilines is 1. The van der Waals surface area contributed by atoms with Crippen LogP contribution in [0.4, 0.5) is 5.95 Å². The number of amides is 1. The number of rotatable bonds is 4. The van der Waals surface area contributed by atoms with E-state index in [4.69, 9.17) is 4.52 Å². The fraction of sp³-hybridized carbons (Fsp3) is 0.474. The number of nitrogens with zero attached hydrogens (tertiary/aromatic N) is 6. The molecule has 1 saturated heterocycles. The molecule has 0 radical (unpaired) electrons. The van der Waals surface area contributed by atoms with Crippen molar-refractivity contribution < 1.29 is 14.1 Å². The van der Waals surface area contributed by atoms with Crippen LogP contribution in [0.3, 0.4) is 0 Å². The van der Waals surface area contributed by atoms with Gasteiger partial charge in [-0.2, -0.15) is 10.1 Å². The smallest absolute Gasteiger partial charge is 0.266 e. The Labute approximate surface area is 163 Å². The van der Waals surface area contributed by atoms with Crippen molar-refractivity contribution in [3.05, 3.63) is 24.4 Å². The van der Waals surface area contributed by atoms with Gasteiger partial charge in [0.05, 0.1) is 11.7 Å². The van der Waals surface area contributed by atoms with Gasteiger partial charge < -0.3 is 19.1 Å². The lowest BCUT2D eigenvalue weighted by molar-refractivity contribution is -0.118. The van der Waals surface area contributed by atoms with Crippen LogP contribution in [-0.4, -0.2) is 71.6 Å². The average Bonchev–Trinajstić information content (AvgIpc) is 3.35. The second-order valence-electron chi connectivity index (χ2n) is 6.89. The van der Waals surface area contributed by atoms with E-state index in [0.717, 1.165) is 22.9 Å². The average molecular weight is 386 g/mol. The van der Waals surface area contributed by atoms with Crippen molar-refractivity contribution >= 4 is 23.3 Å². The number of aromatic nitrogens is 4. The lowest BCUT2D eigenvalue weighted by Gasteiger charge is -2.31. The number of fused-ring (bicyclic) bond motifs is 1. The first kappa shape index (κ1) is 19.8. The van der Waals surface area contributed by atoms with Crippen LogP contribution in [0.15, 0.2) is 28.9 Å². The Morgan fingerprint density at radius 3 is 2.54 bits per heavy atom. The van der Waals surface area contributed by atoms with E-state index in [1.807, 2.05) is 34.0 Å². The van der Waals surface area contributed by atoms with E-state index in [0.29, 0.717) is 38.0 Å². The van der Waals surface area contributed by atoms with E-state index in [-0.39, 0.29) is 6.04 Å². The summed E-state index contributed by atoms with van der Waals surface area (Å²) in [6.45, 7) is 6.96. The minimum Gasteiger partial charge on any atom is -0.388 e. The van der Waals surface area contributed by atoms with Gasteiger partial charge >= 0.3 is 0 Å². The number of ether oxygens (including phenoxy) is 1. The molecule has 0 spiro atoms. The minimum atomic E-state index is 0.278. The second kappa shape index (κ2) is 8.83. The Morgan fingerprint density at radius 2 is 1.89 bits per heavy atom. The predicted octanol–water partition coefficient (Wildman–Crippen LogP) is 2.21. The third kappa shape index (κ3) is 4.14. The number of hydrogen-bond donors (Lipinski definition) is 0. The largest absolute Gasteiger partial charge is 0.388 e. The Bertz CT molecular complexity index is 911. The summed E-state index contributed by atoms with van der Waals surface area (Å²) in [5.74, 6) is 1.06. The molecule has 9 heteroatoms. The molecule has 0 unspecified atom stereocenters. The lowest BCUT2D eigenvalue weighted by atomic mass is 10.1. The van der Waals surface area contributed by atoms with Crippen LogP contribution in [0, 0.1) is 0 Å². The molecule has 3 heterocycles. The standard InChI is InChI=1S/C17H20N6O2.C2H6O/c1-12(2)23-15-9-13(3-4-14(15)10-18-23)16-19-17(20-25-16)22-7-5-21(11-24)6-8-22;1-3-2/h3-4,9-12H,5-8H2,1-2H3;1-2H3. The number of methoxy groups -OCH3 is 1. The van der Waals surface area contributed by atoms with Gasteiger partial charge in [0.15, 0.2) is 0 Å². The Morgan fingerprint density at radius 1 is 1.18 bits per heavy atom. The number of carbonyl (C=O) groups excluding carboxylic acids is 1. The molecule has 1 aromatic carbocycles. The van der Waals surface area contributed by atoms with Crippen LogP contribution < -0.4 is 4.90 Å². The summed E-state index contributed by atoms with van der Waals surface area (Å²) in [5.41, 5.74) is 1.92. The molecule has 28 heavy (non-hydrogen) atoms. The van der Waals surface area contributed by atoms with Crippen LogP contribution in [-0.2, 0) is 9.53 Å².